The van der Waals surface area contributed by atoms with E-state index in [1.165, 1.54) is 18.2 Å². The molecule has 6 heteroatoms. The molecule has 0 N–H and O–H groups in total. The Hall–Kier alpha value is -2.37. The highest BCUT2D eigenvalue weighted by atomic mass is 19.1. The van der Waals surface area contributed by atoms with E-state index in [1.807, 2.05) is 0 Å². The van der Waals surface area contributed by atoms with Gasteiger partial charge in [-0.1, -0.05) is 19.9 Å². The molecular weight excluding hydrogens is 336 g/mol. The minimum Gasteiger partial charge on any atom is -0.348 e. The Morgan fingerprint density at radius 1 is 1.19 bits per heavy atom. The van der Waals surface area contributed by atoms with Gasteiger partial charge in [0.15, 0.2) is 0 Å². The van der Waals surface area contributed by atoms with Crippen molar-refractivity contribution in [2.24, 2.45) is 5.41 Å². The summed E-state index contributed by atoms with van der Waals surface area (Å²) >= 11 is 0. The third kappa shape index (κ3) is 1.90. The predicted molar refractivity (Wildman–Crippen MR) is 93.5 cm³/mol. The Morgan fingerprint density at radius 3 is 2.46 bits per heavy atom. The Labute approximate surface area is 151 Å². The largest absolute Gasteiger partial charge is 0.348 e. The third-order valence-electron chi connectivity index (χ3n) is 6.37. The number of hydrogen-bond donors (Lipinski definition) is 0. The number of hydrogen-bond acceptors (Lipinski definition) is 3. The predicted octanol–water partition coefficient (Wildman–Crippen LogP) is 3.67. The van der Waals surface area contributed by atoms with Gasteiger partial charge in [0.1, 0.15) is 11.6 Å². The lowest BCUT2D eigenvalue weighted by Crippen LogP contribution is -2.49. The fraction of sp³-hybridized carbons (Fsp3) is 0.450. The number of amides is 1. The number of carbonyl (C=O) groups excluding carboxylic acids is 1. The van der Waals surface area contributed by atoms with Crippen molar-refractivity contribution >= 4 is 5.91 Å². The van der Waals surface area contributed by atoms with Crippen LogP contribution in [0.5, 0.6) is 0 Å². The number of likely N-dealkylation sites (N-methyl/N-ethyl adjacent to an activating group) is 1. The van der Waals surface area contributed by atoms with Gasteiger partial charge in [0.25, 0.3) is 0 Å². The summed E-state index contributed by atoms with van der Waals surface area (Å²) in [7, 11) is 3.49. The number of halogens is 2. The molecule has 2 atom stereocenters. The van der Waals surface area contributed by atoms with Crippen molar-refractivity contribution in [1.82, 2.24) is 15.1 Å². The molecule has 136 valence electrons. The second kappa shape index (κ2) is 5.32. The smallest absolute Gasteiger partial charge is 0.234 e. The lowest BCUT2D eigenvalue weighted by atomic mass is 9.67. The summed E-state index contributed by atoms with van der Waals surface area (Å²) in [5, 5.41) is 8.45. The van der Waals surface area contributed by atoms with E-state index in [9.17, 15) is 13.6 Å². The van der Waals surface area contributed by atoms with E-state index in [4.69, 9.17) is 0 Å². The SMILES string of the molecule is CN(C)C(=O)[C@@]12CC[C@@H](c3cc(-c4c(F)cccc4F)nnc31)C2(C)C. The standard InChI is InChI=1S/C20H21F2N3O/c1-19(2)12-8-9-20(19,18(26)25(3)4)17-11(12)10-15(23-24-17)16-13(21)6-5-7-14(16)22/h5-7,10,12H,8-9H2,1-4H3/t12-,20+/m0/s1. The van der Waals surface area contributed by atoms with E-state index in [-0.39, 0.29) is 28.5 Å². The molecule has 2 aromatic rings. The van der Waals surface area contributed by atoms with E-state index in [0.717, 1.165) is 18.4 Å². The van der Waals surface area contributed by atoms with Crippen LogP contribution >= 0.6 is 0 Å². The maximum atomic E-state index is 14.2. The first-order valence-electron chi connectivity index (χ1n) is 8.76. The van der Waals surface area contributed by atoms with Gasteiger partial charge in [-0.3, -0.25) is 4.79 Å². The molecule has 1 saturated carbocycles. The first kappa shape index (κ1) is 17.1. The van der Waals surface area contributed by atoms with E-state index in [1.54, 1.807) is 25.1 Å². The quantitative estimate of drug-likeness (QED) is 0.824. The van der Waals surface area contributed by atoms with Crippen molar-refractivity contribution in [2.45, 2.75) is 38.0 Å². The number of nitrogens with zero attached hydrogens (tertiary/aromatic N) is 3. The van der Waals surface area contributed by atoms with Crippen LogP contribution in [0, 0.1) is 17.0 Å². The molecule has 0 spiro atoms. The molecule has 1 amide bonds. The van der Waals surface area contributed by atoms with Crippen molar-refractivity contribution in [3.8, 4) is 11.3 Å². The molecule has 2 bridgehead atoms. The topological polar surface area (TPSA) is 46.1 Å². The molecule has 1 fully saturated rings. The average Bonchev–Trinajstić information content (AvgIpc) is 2.95. The zero-order chi connectivity index (χ0) is 18.9. The average molecular weight is 357 g/mol. The van der Waals surface area contributed by atoms with Gasteiger partial charge in [-0.05, 0) is 47.9 Å². The first-order chi connectivity index (χ1) is 12.2. The molecule has 0 radical (unpaired) electrons. The van der Waals surface area contributed by atoms with Crippen LogP contribution in [0.2, 0.25) is 0 Å². The third-order valence-corrected chi connectivity index (χ3v) is 6.37. The Morgan fingerprint density at radius 2 is 1.85 bits per heavy atom. The number of aromatic nitrogens is 2. The van der Waals surface area contributed by atoms with Crippen LogP contribution in [0.25, 0.3) is 11.3 Å². The molecule has 4 nitrogen and oxygen atoms in total. The summed E-state index contributed by atoms with van der Waals surface area (Å²) < 4.78 is 28.3. The Kier molecular flexibility index (Phi) is 3.49. The maximum Gasteiger partial charge on any atom is 0.234 e. The number of fused-ring (bicyclic) bond motifs is 5. The lowest BCUT2D eigenvalue weighted by Gasteiger charge is -2.38. The molecule has 1 aromatic heterocycles. The number of rotatable bonds is 2. The highest BCUT2D eigenvalue weighted by Gasteiger charge is 2.67. The van der Waals surface area contributed by atoms with Crippen LogP contribution in [0.4, 0.5) is 8.78 Å². The van der Waals surface area contributed by atoms with Gasteiger partial charge in [0, 0.05) is 14.1 Å². The second-order valence-corrected chi connectivity index (χ2v) is 8.05. The van der Waals surface area contributed by atoms with Crippen LogP contribution in [0.15, 0.2) is 24.3 Å². The summed E-state index contributed by atoms with van der Waals surface area (Å²) in [6.07, 6.45) is 1.57. The van der Waals surface area contributed by atoms with Gasteiger partial charge in [0.05, 0.1) is 22.4 Å². The van der Waals surface area contributed by atoms with Gasteiger partial charge >= 0.3 is 0 Å². The molecule has 0 unspecified atom stereocenters. The van der Waals surface area contributed by atoms with Crippen molar-refractivity contribution in [1.29, 1.82) is 0 Å². The highest BCUT2D eigenvalue weighted by molar-refractivity contribution is 5.91. The van der Waals surface area contributed by atoms with Gasteiger partial charge < -0.3 is 4.90 Å². The molecule has 2 aliphatic rings. The van der Waals surface area contributed by atoms with Crippen molar-refractivity contribution in [3.05, 3.63) is 47.2 Å². The summed E-state index contributed by atoms with van der Waals surface area (Å²) in [5.41, 5.74) is 0.515. The highest BCUT2D eigenvalue weighted by Crippen LogP contribution is 2.67. The molecule has 4 rings (SSSR count). The van der Waals surface area contributed by atoms with Crippen LogP contribution in [0.3, 0.4) is 0 Å². The van der Waals surface area contributed by atoms with Crippen LogP contribution in [0.1, 0.15) is 43.9 Å². The molecule has 2 aliphatic carbocycles. The summed E-state index contributed by atoms with van der Waals surface area (Å²) in [6.45, 7) is 4.16. The van der Waals surface area contributed by atoms with Crippen LogP contribution in [-0.4, -0.2) is 35.1 Å². The second-order valence-electron chi connectivity index (χ2n) is 8.05. The fourth-order valence-electron chi connectivity index (χ4n) is 5.04. The normalized spacial score (nSPS) is 25.2. The van der Waals surface area contributed by atoms with Crippen molar-refractivity contribution in [2.75, 3.05) is 14.1 Å². The van der Waals surface area contributed by atoms with E-state index < -0.39 is 17.0 Å². The maximum absolute atomic E-state index is 14.2. The zero-order valence-electron chi connectivity index (χ0n) is 15.3. The van der Waals surface area contributed by atoms with Gasteiger partial charge in [-0.2, -0.15) is 5.10 Å². The monoisotopic (exact) mass is 357 g/mol. The summed E-state index contributed by atoms with van der Waals surface area (Å²) in [5.74, 6) is -1.20. The van der Waals surface area contributed by atoms with E-state index in [0.29, 0.717) is 5.69 Å². The molecule has 0 aliphatic heterocycles. The summed E-state index contributed by atoms with van der Waals surface area (Å²) in [6, 6.07) is 5.46. The van der Waals surface area contributed by atoms with Gasteiger partial charge in [-0.25, -0.2) is 8.78 Å². The van der Waals surface area contributed by atoms with Gasteiger partial charge in [-0.15, -0.1) is 5.10 Å². The molecule has 26 heavy (non-hydrogen) atoms. The van der Waals surface area contributed by atoms with Crippen molar-refractivity contribution in [3.63, 3.8) is 0 Å². The molecule has 1 heterocycles. The minimum atomic E-state index is -0.726. The number of benzene rings is 1. The van der Waals surface area contributed by atoms with Crippen LogP contribution in [-0.2, 0) is 10.2 Å². The Balaban J connectivity index is 1.92. The summed E-state index contributed by atoms with van der Waals surface area (Å²) in [4.78, 5) is 14.7. The molecular formula is C20H21F2N3O. The zero-order valence-corrected chi connectivity index (χ0v) is 15.3. The van der Waals surface area contributed by atoms with E-state index >= 15 is 0 Å². The van der Waals surface area contributed by atoms with Crippen molar-refractivity contribution < 1.29 is 13.6 Å². The van der Waals surface area contributed by atoms with E-state index in [2.05, 4.69) is 24.0 Å². The number of carbonyl (C=O) groups is 1. The molecule has 1 aromatic carbocycles. The fourth-order valence-corrected chi connectivity index (χ4v) is 5.04. The first-order valence-corrected chi connectivity index (χ1v) is 8.76. The van der Waals surface area contributed by atoms with Gasteiger partial charge in [0.2, 0.25) is 5.91 Å². The van der Waals surface area contributed by atoms with Crippen LogP contribution < -0.4 is 0 Å². The molecule has 0 saturated heterocycles. The Bertz CT molecular complexity index is 905. The lowest BCUT2D eigenvalue weighted by molar-refractivity contribution is -0.138. The minimum absolute atomic E-state index is 0.0165.